The van der Waals surface area contributed by atoms with Crippen LogP contribution in [0.1, 0.15) is 23.4 Å². The first-order chi connectivity index (χ1) is 6.60. The Balaban J connectivity index is 3.34. The van der Waals surface area contributed by atoms with Crippen molar-refractivity contribution in [2.75, 3.05) is 0 Å². The van der Waals surface area contributed by atoms with Crippen LogP contribution in [0.3, 0.4) is 0 Å². The van der Waals surface area contributed by atoms with Crippen molar-refractivity contribution >= 4 is 11.6 Å². The standard InChI is InChI=1S/C8H5ClF2N2O/c9-2-4-1-5(8(10)11)13-6(3-12)7(4)14/h1,8,14H,2H2. The maximum atomic E-state index is 12.2. The zero-order valence-electron chi connectivity index (χ0n) is 6.84. The van der Waals surface area contributed by atoms with Crippen molar-refractivity contribution < 1.29 is 13.9 Å². The van der Waals surface area contributed by atoms with Gasteiger partial charge >= 0.3 is 0 Å². The van der Waals surface area contributed by atoms with Crippen molar-refractivity contribution in [2.24, 2.45) is 0 Å². The highest BCUT2D eigenvalue weighted by Gasteiger charge is 2.16. The predicted molar refractivity (Wildman–Crippen MR) is 45.1 cm³/mol. The lowest BCUT2D eigenvalue weighted by atomic mass is 10.2. The Morgan fingerprint density at radius 2 is 2.29 bits per heavy atom. The first-order valence-corrected chi connectivity index (χ1v) is 4.10. The number of aromatic nitrogens is 1. The van der Waals surface area contributed by atoms with Crippen molar-refractivity contribution in [3.05, 3.63) is 23.0 Å². The van der Waals surface area contributed by atoms with Gasteiger partial charge in [0.25, 0.3) is 6.43 Å². The normalized spacial score (nSPS) is 10.2. The van der Waals surface area contributed by atoms with Crippen LogP contribution in [0.15, 0.2) is 6.07 Å². The summed E-state index contributed by atoms with van der Waals surface area (Å²) in [5, 5.41) is 17.8. The number of pyridine rings is 1. The Morgan fingerprint density at radius 1 is 1.64 bits per heavy atom. The fourth-order valence-electron chi connectivity index (χ4n) is 0.905. The molecule has 1 aromatic heterocycles. The van der Waals surface area contributed by atoms with Gasteiger partial charge in [-0.2, -0.15) is 5.26 Å². The van der Waals surface area contributed by atoms with Crippen LogP contribution in [0.4, 0.5) is 8.78 Å². The van der Waals surface area contributed by atoms with Crippen molar-refractivity contribution in [3.63, 3.8) is 0 Å². The average molecular weight is 219 g/mol. The SMILES string of the molecule is N#Cc1nc(C(F)F)cc(CCl)c1O. The maximum absolute atomic E-state index is 12.2. The quantitative estimate of drug-likeness (QED) is 0.775. The van der Waals surface area contributed by atoms with Crippen LogP contribution in [0.2, 0.25) is 0 Å². The summed E-state index contributed by atoms with van der Waals surface area (Å²) in [7, 11) is 0. The largest absolute Gasteiger partial charge is 0.505 e. The number of nitrogens with zero attached hydrogens (tertiary/aromatic N) is 2. The number of nitriles is 1. The molecule has 0 fully saturated rings. The van der Waals surface area contributed by atoms with E-state index in [0.29, 0.717) is 0 Å². The minimum atomic E-state index is -2.79. The molecule has 1 N–H and O–H groups in total. The van der Waals surface area contributed by atoms with Crippen molar-refractivity contribution in [3.8, 4) is 11.8 Å². The van der Waals surface area contributed by atoms with E-state index in [1.165, 1.54) is 6.07 Å². The van der Waals surface area contributed by atoms with Gasteiger partial charge in [-0.05, 0) is 6.07 Å². The Morgan fingerprint density at radius 3 is 2.71 bits per heavy atom. The maximum Gasteiger partial charge on any atom is 0.280 e. The zero-order valence-corrected chi connectivity index (χ0v) is 7.59. The molecule has 0 radical (unpaired) electrons. The van der Waals surface area contributed by atoms with E-state index in [9.17, 15) is 13.9 Å². The molecule has 0 aliphatic carbocycles. The molecule has 14 heavy (non-hydrogen) atoms. The third-order valence-corrected chi connectivity index (χ3v) is 1.85. The first-order valence-electron chi connectivity index (χ1n) is 3.57. The highest BCUT2D eigenvalue weighted by Crippen LogP contribution is 2.27. The third kappa shape index (κ3) is 1.91. The van der Waals surface area contributed by atoms with Crippen LogP contribution >= 0.6 is 11.6 Å². The van der Waals surface area contributed by atoms with E-state index < -0.39 is 23.6 Å². The highest BCUT2D eigenvalue weighted by atomic mass is 35.5. The van der Waals surface area contributed by atoms with Gasteiger partial charge in [0, 0.05) is 5.56 Å². The van der Waals surface area contributed by atoms with Gasteiger partial charge in [-0.1, -0.05) is 0 Å². The number of alkyl halides is 3. The first kappa shape index (κ1) is 10.7. The Bertz CT molecular complexity index is 390. The molecule has 0 bridgehead atoms. The number of hydrogen-bond acceptors (Lipinski definition) is 3. The second kappa shape index (κ2) is 4.20. The second-order valence-corrected chi connectivity index (χ2v) is 2.72. The van der Waals surface area contributed by atoms with Gasteiger partial charge in [0.1, 0.15) is 11.8 Å². The average Bonchev–Trinajstić information content (AvgIpc) is 2.17. The lowest BCUT2D eigenvalue weighted by Gasteiger charge is -2.05. The van der Waals surface area contributed by atoms with E-state index in [1.807, 2.05) is 0 Å². The van der Waals surface area contributed by atoms with Crippen LogP contribution in [0.25, 0.3) is 0 Å². The van der Waals surface area contributed by atoms with Crippen LogP contribution in [0.5, 0.6) is 5.75 Å². The van der Waals surface area contributed by atoms with Gasteiger partial charge < -0.3 is 5.11 Å². The van der Waals surface area contributed by atoms with E-state index in [1.54, 1.807) is 0 Å². The molecule has 0 aliphatic rings. The predicted octanol–water partition coefficient (Wildman–Crippen LogP) is 2.34. The van der Waals surface area contributed by atoms with Crippen molar-refractivity contribution in [1.29, 1.82) is 5.26 Å². The molecular formula is C8H5ClF2N2O. The van der Waals surface area contributed by atoms with Gasteiger partial charge in [-0.15, -0.1) is 11.6 Å². The van der Waals surface area contributed by atoms with Gasteiger partial charge in [0.05, 0.1) is 5.88 Å². The zero-order chi connectivity index (χ0) is 10.7. The summed E-state index contributed by atoms with van der Waals surface area (Å²) in [6, 6.07) is 2.49. The van der Waals surface area contributed by atoms with Crippen molar-refractivity contribution in [2.45, 2.75) is 12.3 Å². The molecule has 0 saturated heterocycles. The molecule has 0 atom stereocenters. The van der Waals surface area contributed by atoms with E-state index >= 15 is 0 Å². The summed E-state index contributed by atoms with van der Waals surface area (Å²) in [6.45, 7) is 0. The van der Waals surface area contributed by atoms with Gasteiger partial charge in [0.2, 0.25) is 0 Å². The van der Waals surface area contributed by atoms with Crippen LogP contribution < -0.4 is 0 Å². The molecule has 0 unspecified atom stereocenters. The molecule has 74 valence electrons. The Kier molecular flexibility index (Phi) is 3.20. The number of hydrogen-bond donors (Lipinski definition) is 1. The molecule has 1 heterocycles. The second-order valence-electron chi connectivity index (χ2n) is 2.45. The third-order valence-electron chi connectivity index (χ3n) is 1.56. The van der Waals surface area contributed by atoms with Crippen LogP contribution in [-0.4, -0.2) is 10.1 Å². The molecule has 1 rings (SSSR count). The molecule has 0 saturated carbocycles. The Hall–Kier alpha value is -1.41. The number of rotatable bonds is 2. The van der Waals surface area contributed by atoms with E-state index in [4.69, 9.17) is 16.9 Å². The Labute approximate surface area is 83.6 Å². The number of aromatic hydroxyl groups is 1. The molecular weight excluding hydrogens is 214 g/mol. The topological polar surface area (TPSA) is 56.9 Å². The van der Waals surface area contributed by atoms with Crippen molar-refractivity contribution in [1.82, 2.24) is 4.98 Å². The summed E-state index contributed by atoms with van der Waals surface area (Å²) in [5.41, 5.74) is -0.915. The minimum Gasteiger partial charge on any atom is -0.505 e. The van der Waals surface area contributed by atoms with Gasteiger partial charge in [-0.25, -0.2) is 13.8 Å². The summed E-state index contributed by atoms with van der Waals surface area (Å²) in [4.78, 5) is 3.28. The fourth-order valence-corrected chi connectivity index (χ4v) is 1.11. The summed E-state index contributed by atoms with van der Waals surface area (Å²) < 4.78 is 24.5. The lowest BCUT2D eigenvalue weighted by molar-refractivity contribution is 0.145. The minimum absolute atomic E-state index is 0.0773. The molecule has 6 heteroatoms. The van der Waals surface area contributed by atoms with E-state index in [-0.39, 0.29) is 11.4 Å². The van der Waals surface area contributed by atoms with E-state index in [0.717, 1.165) is 6.07 Å². The monoisotopic (exact) mass is 218 g/mol. The highest BCUT2D eigenvalue weighted by molar-refractivity contribution is 6.17. The molecule has 3 nitrogen and oxygen atoms in total. The molecule has 1 aromatic rings. The smallest absolute Gasteiger partial charge is 0.280 e. The van der Waals surface area contributed by atoms with Gasteiger partial charge in [0.15, 0.2) is 11.4 Å². The molecule has 0 spiro atoms. The summed E-state index contributed by atoms with van der Waals surface area (Å²) in [5.74, 6) is -0.588. The van der Waals surface area contributed by atoms with Gasteiger partial charge in [-0.3, -0.25) is 0 Å². The molecule has 0 amide bonds. The lowest BCUT2D eigenvalue weighted by Crippen LogP contribution is -1.97. The van der Waals surface area contributed by atoms with Crippen LogP contribution in [0, 0.1) is 11.3 Å². The fraction of sp³-hybridized carbons (Fsp3) is 0.250. The summed E-state index contributed by atoms with van der Waals surface area (Å²) in [6.07, 6.45) is -2.79. The van der Waals surface area contributed by atoms with Crippen LogP contribution in [-0.2, 0) is 5.88 Å². The van der Waals surface area contributed by atoms with E-state index in [2.05, 4.69) is 4.98 Å². The molecule has 0 aliphatic heterocycles. The molecule has 0 aromatic carbocycles. The number of halogens is 3. The summed E-state index contributed by atoms with van der Waals surface area (Å²) >= 11 is 5.40.